The smallest absolute Gasteiger partial charge is 0.255 e. The topological polar surface area (TPSA) is 96.5 Å². The van der Waals surface area contributed by atoms with Crippen LogP contribution in [0.4, 0.5) is 17.1 Å². The highest BCUT2D eigenvalue weighted by Crippen LogP contribution is 2.24. The summed E-state index contributed by atoms with van der Waals surface area (Å²) in [6.45, 7) is 4.21. The predicted octanol–water partition coefficient (Wildman–Crippen LogP) is 3.71. The van der Waals surface area contributed by atoms with Crippen LogP contribution in [0.15, 0.2) is 42.5 Å². The minimum Gasteiger partial charge on any atom is -0.368 e. The molecule has 1 fully saturated rings. The van der Waals surface area contributed by atoms with Crippen LogP contribution in [0.2, 0.25) is 0 Å². The van der Waals surface area contributed by atoms with Crippen LogP contribution in [0.3, 0.4) is 0 Å². The van der Waals surface area contributed by atoms with Gasteiger partial charge in [0.05, 0.1) is 0 Å². The third kappa shape index (κ3) is 5.20. The number of ether oxygens (including phenoxy) is 1. The standard InChI is InChI=1S/C22H25N3O4/c1-3-20(26)24-17-9-5-10-18(14(17)2)25-21(27)15-7-4-8-16(13-15)23-22(28)19-11-6-12-29-19/h4-5,7-10,13,19H,3,6,11-12H2,1-2H3,(H,23,28)(H,24,26)(H,25,27)/t19-/m1/s1. The minimum absolute atomic E-state index is 0.0914. The summed E-state index contributed by atoms with van der Waals surface area (Å²) in [4.78, 5) is 36.6. The van der Waals surface area contributed by atoms with Crippen molar-refractivity contribution in [1.82, 2.24) is 0 Å². The van der Waals surface area contributed by atoms with Crippen molar-refractivity contribution in [2.45, 2.75) is 39.2 Å². The van der Waals surface area contributed by atoms with Crippen molar-refractivity contribution in [3.8, 4) is 0 Å². The summed E-state index contributed by atoms with van der Waals surface area (Å²) in [7, 11) is 0. The van der Waals surface area contributed by atoms with Crippen LogP contribution in [0, 0.1) is 6.92 Å². The number of anilines is 3. The van der Waals surface area contributed by atoms with Crippen LogP contribution >= 0.6 is 0 Å². The fourth-order valence-corrected chi connectivity index (χ4v) is 3.08. The quantitative estimate of drug-likeness (QED) is 0.695. The summed E-state index contributed by atoms with van der Waals surface area (Å²) in [6, 6.07) is 12.1. The molecule has 2 aromatic carbocycles. The molecule has 0 unspecified atom stereocenters. The molecule has 1 saturated heterocycles. The SMILES string of the molecule is CCC(=O)Nc1cccc(NC(=O)c2cccc(NC(=O)[C@H]3CCCO3)c2)c1C. The molecule has 3 amide bonds. The first-order valence-corrected chi connectivity index (χ1v) is 9.71. The van der Waals surface area contributed by atoms with Gasteiger partial charge in [0.1, 0.15) is 6.10 Å². The van der Waals surface area contributed by atoms with Crippen molar-refractivity contribution in [2.75, 3.05) is 22.6 Å². The maximum Gasteiger partial charge on any atom is 0.255 e. The first kappa shape index (κ1) is 20.5. The average molecular weight is 395 g/mol. The zero-order chi connectivity index (χ0) is 20.8. The van der Waals surface area contributed by atoms with E-state index in [1.807, 2.05) is 6.92 Å². The molecule has 0 aliphatic carbocycles. The van der Waals surface area contributed by atoms with Crippen molar-refractivity contribution in [2.24, 2.45) is 0 Å². The highest BCUT2D eigenvalue weighted by molar-refractivity contribution is 6.06. The summed E-state index contributed by atoms with van der Waals surface area (Å²) in [5.41, 5.74) is 2.99. The van der Waals surface area contributed by atoms with Gasteiger partial charge in [0.25, 0.3) is 11.8 Å². The van der Waals surface area contributed by atoms with E-state index in [1.54, 1.807) is 49.4 Å². The summed E-state index contributed by atoms with van der Waals surface area (Å²) >= 11 is 0. The van der Waals surface area contributed by atoms with E-state index in [2.05, 4.69) is 16.0 Å². The monoisotopic (exact) mass is 395 g/mol. The minimum atomic E-state index is -0.434. The van der Waals surface area contributed by atoms with E-state index in [-0.39, 0.29) is 17.7 Å². The lowest BCUT2D eigenvalue weighted by atomic mass is 10.1. The average Bonchev–Trinajstić information content (AvgIpc) is 3.26. The summed E-state index contributed by atoms with van der Waals surface area (Å²) in [5.74, 6) is -0.596. The number of rotatable bonds is 6. The molecule has 0 radical (unpaired) electrons. The Hall–Kier alpha value is -3.19. The van der Waals surface area contributed by atoms with Gasteiger partial charge in [-0.15, -0.1) is 0 Å². The van der Waals surface area contributed by atoms with Crippen molar-refractivity contribution in [1.29, 1.82) is 0 Å². The van der Waals surface area contributed by atoms with Gasteiger partial charge >= 0.3 is 0 Å². The van der Waals surface area contributed by atoms with Crippen molar-refractivity contribution < 1.29 is 19.1 Å². The Labute approximate surface area is 169 Å². The van der Waals surface area contributed by atoms with E-state index >= 15 is 0 Å². The Morgan fingerprint density at radius 1 is 1.03 bits per heavy atom. The van der Waals surface area contributed by atoms with Crippen LogP contribution in [0.25, 0.3) is 0 Å². The van der Waals surface area contributed by atoms with E-state index in [9.17, 15) is 14.4 Å². The zero-order valence-electron chi connectivity index (χ0n) is 16.6. The van der Waals surface area contributed by atoms with E-state index in [4.69, 9.17) is 4.74 Å². The number of carbonyl (C=O) groups is 3. The van der Waals surface area contributed by atoms with E-state index < -0.39 is 6.10 Å². The largest absolute Gasteiger partial charge is 0.368 e. The van der Waals surface area contributed by atoms with Gasteiger partial charge in [-0.2, -0.15) is 0 Å². The van der Waals surface area contributed by atoms with Gasteiger partial charge in [-0.25, -0.2) is 0 Å². The third-order valence-corrected chi connectivity index (χ3v) is 4.79. The molecule has 0 aromatic heterocycles. The van der Waals surface area contributed by atoms with E-state index in [0.29, 0.717) is 42.1 Å². The molecular weight excluding hydrogens is 370 g/mol. The molecule has 3 rings (SSSR count). The number of nitrogens with one attached hydrogen (secondary N) is 3. The van der Waals surface area contributed by atoms with Crippen LogP contribution in [-0.2, 0) is 14.3 Å². The number of hydrogen-bond acceptors (Lipinski definition) is 4. The molecule has 7 heteroatoms. The molecule has 2 aromatic rings. The number of hydrogen-bond donors (Lipinski definition) is 3. The zero-order valence-corrected chi connectivity index (χ0v) is 16.6. The number of carbonyl (C=O) groups excluding carboxylic acids is 3. The third-order valence-electron chi connectivity index (χ3n) is 4.79. The maximum absolute atomic E-state index is 12.7. The highest BCUT2D eigenvalue weighted by atomic mass is 16.5. The van der Waals surface area contributed by atoms with Crippen molar-refractivity contribution in [3.63, 3.8) is 0 Å². The van der Waals surface area contributed by atoms with E-state index in [1.165, 1.54) is 0 Å². The molecule has 0 spiro atoms. The Morgan fingerprint density at radius 3 is 2.45 bits per heavy atom. The Bertz CT molecular complexity index is 920. The molecule has 1 aliphatic rings. The Balaban J connectivity index is 1.70. The van der Waals surface area contributed by atoms with Crippen molar-refractivity contribution >= 4 is 34.8 Å². The predicted molar refractivity (Wildman–Crippen MR) is 112 cm³/mol. The second-order valence-corrected chi connectivity index (χ2v) is 6.91. The second kappa shape index (κ2) is 9.34. The van der Waals surface area contributed by atoms with Gasteiger partial charge in [-0.05, 0) is 55.7 Å². The van der Waals surface area contributed by atoms with Gasteiger partial charge in [-0.3, -0.25) is 14.4 Å². The van der Waals surface area contributed by atoms with Crippen molar-refractivity contribution in [3.05, 3.63) is 53.6 Å². The van der Waals surface area contributed by atoms with Gasteiger partial charge in [0.15, 0.2) is 0 Å². The number of amides is 3. The Morgan fingerprint density at radius 2 is 1.76 bits per heavy atom. The van der Waals surface area contributed by atoms with Crippen LogP contribution in [0.1, 0.15) is 42.1 Å². The fraction of sp³-hybridized carbons (Fsp3) is 0.318. The highest BCUT2D eigenvalue weighted by Gasteiger charge is 2.23. The van der Waals surface area contributed by atoms with Gasteiger partial charge < -0.3 is 20.7 Å². The van der Waals surface area contributed by atoms with Gasteiger partial charge in [0, 0.05) is 35.7 Å². The van der Waals surface area contributed by atoms with Crippen LogP contribution < -0.4 is 16.0 Å². The number of benzene rings is 2. The Kier molecular flexibility index (Phi) is 6.61. The molecule has 0 saturated carbocycles. The molecule has 152 valence electrons. The second-order valence-electron chi connectivity index (χ2n) is 6.91. The normalized spacial score (nSPS) is 15.6. The molecule has 1 aliphatic heterocycles. The van der Waals surface area contributed by atoms with Gasteiger partial charge in [0.2, 0.25) is 5.91 Å². The summed E-state index contributed by atoms with van der Waals surface area (Å²) < 4.78 is 5.38. The van der Waals surface area contributed by atoms with Crippen LogP contribution in [0.5, 0.6) is 0 Å². The molecular formula is C22H25N3O4. The lowest BCUT2D eigenvalue weighted by molar-refractivity contribution is -0.124. The molecule has 7 nitrogen and oxygen atoms in total. The van der Waals surface area contributed by atoms with E-state index in [0.717, 1.165) is 12.0 Å². The molecule has 3 N–H and O–H groups in total. The molecule has 1 heterocycles. The maximum atomic E-state index is 12.7. The first-order valence-electron chi connectivity index (χ1n) is 9.71. The summed E-state index contributed by atoms with van der Waals surface area (Å²) in [5, 5.41) is 8.49. The molecule has 1 atom stereocenters. The van der Waals surface area contributed by atoms with Gasteiger partial charge in [-0.1, -0.05) is 19.1 Å². The molecule has 29 heavy (non-hydrogen) atoms. The van der Waals surface area contributed by atoms with Crippen LogP contribution in [-0.4, -0.2) is 30.4 Å². The fourth-order valence-electron chi connectivity index (χ4n) is 3.08. The lowest BCUT2D eigenvalue weighted by Gasteiger charge is -2.14. The lowest BCUT2D eigenvalue weighted by Crippen LogP contribution is -2.27. The molecule has 0 bridgehead atoms. The summed E-state index contributed by atoms with van der Waals surface area (Å²) in [6.07, 6.45) is 1.52. The first-order chi connectivity index (χ1) is 14.0.